The number of rotatable bonds is 0. The molecule has 2 heterocycles. The maximum Gasteiger partial charge on any atom is 0.167 e. The molecule has 10 rings (SSSR count). The van der Waals surface area contributed by atoms with Crippen molar-refractivity contribution in [1.29, 1.82) is 0 Å². The van der Waals surface area contributed by atoms with Crippen molar-refractivity contribution in [3.63, 3.8) is 0 Å². The summed E-state index contributed by atoms with van der Waals surface area (Å²) in [6.45, 7) is 0. The van der Waals surface area contributed by atoms with Crippen molar-refractivity contribution >= 4 is 95.3 Å². The Morgan fingerprint density at radius 3 is 1.06 bits per heavy atom. The Kier molecular flexibility index (Phi) is 2.73. The number of hydrogen-bond donors (Lipinski definition) is 4. The van der Waals surface area contributed by atoms with Crippen molar-refractivity contribution in [2.45, 2.75) is 0 Å². The normalized spacial score (nSPS) is 12.9. The Balaban J connectivity index is 1.74. The Morgan fingerprint density at radius 1 is 0.375 bits per heavy atom. The number of phenolic OH excluding ortho intramolecular Hbond substituents is 4. The molecule has 0 spiro atoms. The molecule has 0 fully saturated rings. The lowest BCUT2D eigenvalue weighted by Gasteiger charge is -2.15. The van der Waals surface area contributed by atoms with E-state index in [1.165, 1.54) is 0 Å². The van der Waals surface area contributed by atoms with Crippen molar-refractivity contribution in [1.82, 2.24) is 0 Å². The first-order chi connectivity index (χ1) is 15.6. The lowest BCUT2D eigenvalue weighted by molar-refractivity contribution is 0.413. The highest BCUT2D eigenvalue weighted by atomic mass is 32.1. The number of thiophene rings is 2. The number of aromatic hydroxyl groups is 4. The standard InChI is InChI=1S/C26H12O4S2/c27-19-13-9-5-1-3-7-11(9)15(21(19)29)23-17(13)25-26(31-23)18-14-10-6-2-4-8-12(10)16(24(18)32-25)22(30)20(14)28/h1-8,27-30H. The Morgan fingerprint density at radius 2 is 0.688 bits per heavy atom. The van der Waals surface area contributed by atoms with Gasteiger partial charge in [0.05, 0.1) is 9.40 Å². The second-order valence-electron chi connectivity index (χ2n) is 8.26. The van der Waals surface area contributed by atoms with Crippen molar-refractivity contribution in [2.75, 3.05) is 0 Å². The van der Waals surface area contributed by atoms with Crippen LogP contribution in [0.25, 0.3) is 72.7 Å². The van der Waals surface area contributed by atoms with E-state index in [1.54, 1.807) is 22.7 Å². The van der Waals surface area contributed by atoms with Gasteiger partial charge in [-0.15, -0.1) is 22.7 Å². The molecule has 0 aliphatic carbocycles. The summed E-state index contributed by atoms with van der Waals surface area (Å²) in [5, 5.41) is 51.4. The van der Waals surface area contributed by atoms with Crippen molar-refractivity contribution in [3.8, 4) is 23.0 Å². The van der Waals surface area contributed by atoms with Crippen LogP contribution in [0.5, 0.6) is 23.0 Å². The number of phenols is 8. The van der Waals surface area contributed by atoms with E-state index in [4.69, 9.17) is 0 Å². The maximum atomic E-state index is 10.9. The van der Waals surface area contributed by atoms with Gasteiger partial charge in [0.1, 0.15) is 0 Å². The van der Waals surface area contributed by atoms with Crippen molar-refractivity contribution < 1.29 is 20.4 Å². The maximum absolute atomic E-state index is 10.9. The first-order valence-electron chi connectivity index (χ1n) is 10.1. The van der Waals surface area contributed by atoms with Crippen molar-refractivity contribution in [2.24, 2.45) is 0 Å². The zero-order valence-corrected chi connectivity index (χ0v) is 17.9. The van der Waals surface area contributed by atoms with Crippen LogP contribution in [-0.4, -0.2) is 20.4 Å². The lowest BCUT2D eigenvalue weighted by atomic mass is 9.93. The van der Waals surface area contributed by atoms with E-state index in [0.29, 0.717) is 21.5 Å². The van der Waals surface area contributed by atoms with Gasteiger partial charge in [0.2, 0.25) is 0 Å². The number of benzene rings is 8. The Labute approximate surface area is 187 Å². The van der Waals surface area contributed by atoms with Gasteiger partial charge >= 0.3 is 0 Å². The van der Waals surface area contributed by atoms with Gasteiger partial charge in [-0.1, -0.05) is 48.5 Å². The van der Waals surface area contributed by atoms with Crippen LogP contribution in [0.1, 0.15) is 0 Å². The van der Waals surface area contributed by atoms with Gasteiger partial charge in [0.15, 0.2) is 23.0 Å². The molecule has 8 aromatic carbocycles. The minimum absolute atomic E-state index is 0.0803. The van der Waals surface area contributed by atoms with E-state index < -0.39 is 0 Å². The summed E-state index contributed by atoms with van der Waals surface area (Å²) >= 11 is 3.14. The highest BCUT2D eigenvalue weighted by Crippen LogP contribution is 2.60. The lowest BCUT2D eigenvalue weighted by Crippen LogP contribution is -1.85. The van der Waals surface area contributed by atoms with Crippen LogP contribution in [0.4, 0.5) is 0 Å². The molecule has 0 unspecified atom stereocenters. The molecule has 0 saturated carbocycles. The van der Waals surface area contributed by atoms with Crippen LogP contribution >= 0.6 is 22.7 Å². The molecular weight excluding hydrogens is 440 g/mol. The third kappa shape index (κ3) is 1.60. The van der Waals surface area contributed by atoms with E-state index in [2.05, 4.69) is 0 Å². The summed E-state index contributed by atoms with van der Waals surface area (Å²) in [4.78, 5) is 0. The van der Waals surface area contributed by atoms with E-state index in [-0.39, 0.29) is 23.0 Å². The van der Waals surface area contributed by atoms with Crippen LogP contribution < -0.4 is 0 Å². The van der Waals surface area contributed by atoms with Crippen LogP contribution in [0, 0.1) is 0 Å². The summed E-state index contributed by atoms with van der Waals surface area (Å²) in [5.41, 5.74) is 0. The quantitative estimate of drug-likeness (QED) is 0.179. The van der Waals surface area contributed by atoms with Gasteiger partial charge in [-0.2, -0.15) is 0 Å². The molecule has 0 saturated heterocycles. The van der Waals surface area contributed by atoms with Crippen molar-refractivity contribution in [3.05, 3.63) is 48.5 Å². The topological polar surface area (TPSA) is 80.9 Å². The van der Waals surface area contributed by atoms with E-state index >= 15 is 0 Å². The predicted octanol–water partition coefficient (Wildman–Crippen LogP) is 7.58. The van der Waals surface area contributed by atoms with Crippen LogP contribution in [0.15, 0.2) is 48.5 Å². The predicted molar refractivity (Wildman–Crippen MR) is 134 cm³/mol. The molecule has 0 aliphatic rings. The van der Waals surface area contributed by atoms with Gasteiger partial charge in [0, 0.05) is 41.7 Å². The fourth-order valence-corrected chi connectivity index (χ4v) is 8.55. The highest BCUT2D eigenvalue weighted by molar-refractivity contribution is 7.38. The molecular formula is C26H12O4S2. The zero-order valence-electron chi connectivity index (χ0n) is 16.2. The van der Waals surface area contributed by atoms with E-state index in [0.717, 1.165) is 51.1 Å². The summed E-state index contributed by atoms with van der Waals surface area (Å²) in [5.74, 6) is -0.341. The van der Waals surface area contributed by atoms with E-state index in [9.17, 15) is 20.4 Å². The Bertz CT molecular complexity index is 1930. The Hall–Kier alpha value is -3.74. The summed E-state index contributed by atoms with van der Waals surface area (Å²) < 4.78 is 3.87. The molecule has 4 nitrogen and oxygen atoms in total. The van der Waals surface area contributed by atoms with Gasteiger partial charge in [0.25, 0.3) is 0 Å². The number of fused-ring (bicyclic) bond motifs is 3. The molecule has 6 heteroatoms. The minimum Gasteiger partial charge on any atom is -0.504 e. The highest BCUT2D eigenvalue weighted by Gasteiger charge is 2.29. The molecule has 4 N–H and O–H groups in total. The minimum atomic E-state index is -0.0901. The van der Waals surface area contributed by atoms with Crippen LogP contribution in [0.3, 0.4) is 0 Å². The molecule has 32 heavy (non-hydrogen) atoms. The van der Waals surface area contributed by atoms with Crippen LogP contribution in [-0.2, 0) is 0 Å². The van der Waals surface area contributed by atoms with Crippen LogP contribution in [0.2, 0.25) is 0 Å². The van der Waals surface area contributed by atoms with Gasteiger partial charge in [-0.3, -0.25) is 0 Å². The molecule has 0 atom stereocenters. The van der Waals surface area contributed by atoms with Gasteiger partial charge < -0.3 is 20.4 Å². The zero-order chi connectivity index (χ0) is 21.5. The second kappa shape index (κ2) is 5.18. The third-order valence-electron chi connectivity index (χ3n) is 6.80. The van der Waals surface area contributed by atoms with E-state index in [1.807, 2.05) is 48.5 Å². The molecule has 0 amide bonds. The molecule has 0 radical (unpaired) electrons. The summed E-state index contributed by atoms with van der Waals surface area (Å²) in [6, 6.07) is 15.6. The summed E-state index contributed by atoms with van der Waals surface area (Å²) in [6.07, 6.45) is 0. The largest absolute Gasteiger partial charge is 0.504 e. The fraction of sp³-hybridized carbons (Fsp3) is 0. The third-order valence-corrected chi connectivity index (χ3v) is 9.38. The number of hydrogen-bond acceptors (Lipinski definition) is 6. The monoisotopic (exact) mass is 452 g/mol. The molecule has 4 bridgehead atoms. The molecule has 2 aromatic heterocycles. The smallest absolute Gasteiger partial charge is 0.167 e. The molecule has 10 aromatic rings. The fourth-order valence-electron chi connectivity index (χ4n) is 5.53. The average molecular weight is 453 g/mol. The second-order valence-corrected chi connectivity index (χ2v) is 10.3. The first-order valence-corrected chi connectivity index (χ1v) is 11.7. The molecule has 0 aliphatic heterocycles. The SMILES string of the molecule is Oc1c(O)c2c3ccccc3c1c1sc3c(sc4c5c(O)c(O)c(c6ccccc65)c34)c12. The van der Waals surface area contributed by atoms with Gasteiger partial charge in [-0.25, -0.2) is 0 Å². The van der Waals surface area contributed by atoms with Gasteiger partial charge in [-0.05, 0) is 21.5 Å². The first kappa shape index (κ1) is 16.9. The summed E-state index contributed by atoms with van der Waals surface area (Å²) in [7, 11) is 0. The average Bonchev–Trinajstić information content (AvgIpc) is 3.35. The molecule has 152 valence electrons.